The van der Waals surface area contributed by atoms with Crippen LogP contribution in [0.15, 0.2) is 18.2 Å². The number of hydrogen-bond acceptors (Lipinski definition) is 4. The van der Waals surface area contributed by atoms with Crippen LogP contribution in [0.4, 0.5) is 0 Å². The molecule has 0 radical (unpaired) electrons. The second-order valence-electron chi connectivity index (χ2n) is 4.51. The van der Waals surface area contributed by atoms with Gasteiger partial charge in [-0.2, -0.15) is 0 Å². The summed E-state index contributed by atoms with van der Waals surface area (Å²) in [5.41, 5.74) is 1.90. The fourth-order valence-corrected chi connectivity index (χ4v) is 2.35. The minimum Gasteiger partial charge on any atom is -0.493 e. The maximum absolute atomic E-state index is 10.5. The number of para-hydroxylation sites is 1. The molecule has 0 saturated carbocycles. The number of aliphatic hydroxyl groups excluding tert-OH is 1. The van der Waals surface area contributed by atoms with Crippen molar-refractivity contribution in [2.24, 2.45) is 0 Å². The third kappa shape index (κ3) is 3.26. The van der Waals surface area contributed by atoms with Crippen LogP contribution in [0.3, 0.4) is 0 Å². The molecule has 1 aliphatic rings. The fraction of sp³-hybridized carbons (Fsp3) is 0.600. The highest BCUT2D eigenvalue weighted by Crippen LogP contribution is 2.35. The highest BCUT2D eigenvalue weighted by molar-refractivity contribution is 5.44. The molecule has 0 bridgehead atoms. The normalized spacial score (nSPS) is 16.0. The van der Waals surface area contributed by atoms with Crippen LogP contribution in [0.5, 0.6) is 5.75 Å². The van der Waals surface area contributed by atoms with Crippen LogP contribution in [-0.4, -0.2) is 31.2 Å². The minimum atomic E-state index is -0.826. The van der Waals surface area contributed by atoms with Gasteiger partial charge < -0.3 is 19.3 Å². The monoisotopic (exact) mass is 266 g/mol. The summed E-state index contributed by atoms with van der Waals surface area (Å²) in [5, 5.41) is 10.5. The number of hydrogen-bond donors (Lipinski definition) is 1. The van der Waals surface area contributed by atoms with Gasteiger partial charge in [-0.05, 0) is 32.3 Å². The molecule has 1 aromatic rings. The molecule has 1 unspecified atom stereocenters. The van der Waals surface area contributed by atoms with Crippen molar-refractivity contribution in [3.05, 3.63) is 29.3 Å². The predicted octanol–water partition coefficient (Wildman–Crippen LogP) is 2.44. The summed E-state index contributed by atoms with van der Waals surface area (Å²) in [6.45, 7) is 5.46. The lowest BCUT2D eigenvalue weighted by molar-refractivity contribution is -0.192. The second-order valence-corrected chi connectivity index (χ2v) is 4.51. The van der Waals surface area contributed by atoms with E-state index in [4.69, 9.17) is 14.2 Å². The molecule has 0 fully saturated rings. The second kappa shape index (κ2) is 6.89. The minimum absolute atomic E-state index is 0.498. The van der Waals surface area contributed by atoms with E-state index in [1.54, 1.807) is 0 Å². The number of aryl methyl sites for hydroxylation is 1. The average Bonchev–Trinajstić information content (AvgIpc) is 2.46. The number of ether oxygens (including phenoxy) is 3. The van der Waals surface area contributed by atoms with Crippen LogP contribution >= 0.6 is 0 Å². The molecular weight excluding hydrogens is 244 g/mol. The largest absolute Gasteiger partial charge is 0.493 e. The Bertz CT molecular complexity index is 399. The van der Waals surface area contributed by atoms with E-state index in [9.17, 15) is 5.11 Å². The predicted molar refractivity (Wildman–Crippen MR) is 72.3 cm³/mol. The van der Waals surface area contributed by atoms with Crippen LogP contribution in [-0.2, 0) is 15.9 Å². The molecular formula is C15H22O4. The zero-order valence-electron chi connectivity index (χ0n) is 11.6. The van der Waals surface area contributed by atoms with Crippen molar-refractivity contribution in [2.75, 3.05) is 19.8 Å². The van der Waals surface area contributed by atoms with Crippen molar-refractivity contribution in [3.8, 4) is 5.75 Å². The van der Waals surface area contributed by atoms with E-state index in [-0.39, 0.29) is 0 Å². The van der Waals surface area contributed by atoms with Crippen molar-refractivity contribution >= 4 is 0 Å². The number of aliphatic hydroxyl groups is 1. The maximum atomic E-state index is 10.5. The zero-order valence-corrected chi connectivity index (χ0v) is 11.6. The van der Waals surface area contributed by atoms with E-state index in [0.29, 0.717) is 19.8 Å². The van der Waals surface area contributed by atoms with E-state index in [1.807, 2.05) is 32.0 Å². The Labute approximate surface area is 114 Å². The summed E-state index contributed by atoms with van der Waals surface area (Å²) in [4.78, 5) is 0. The standard InChI is InChI=1S/C15H22O4/c1-3-17-15(18-4-2)13(16)12-9-5-7-11-8-6-10-19-14(11)12/h5,7,9,13,15-16H,3-4,6,8,10H2,1-2H3. The Hall–Kier alpha value is -1.10. The quantitative estimate of drug-likeness (QED) is 0.803. The molecule has 1 aromatic carbocycles. The third-order valence-electron chi connectivity index (χ3n) is 3.20. The maximum Gasteiger partial charge on any atom is 0.187 e. The van der Waals surface area contributed by atoms with Crippen LogP contribution in [0.2, 0.25) is 0 Å². The molecule has 0 amide bonds. The molecule has 2 rings (SSSR count). The highest BCUT2D eigenvalue weighted by atomic mass is 16.7. The molecule has 19 heavy (non-hydrogen) atoms. The van der Waals surface area contributed by atoms with Crippen molar-refractivity contribution in [1.29, 1.82) is 0 Å². The first-order valence-corrected chi connectivity index (χ1v) is 6.93. The van der Waals surface area contributed by atoms with E-state index in [1.165, 1.54) is 0 Å². The van der Waals surface area contributed by atoms with Crippen LogP contribution < -0.4 is 4.74 Å². The first-order chi connectivity index (χ1) is 9.27. The van der Waals surface area contributed by atoms with E-state index in [2.05, 4.69) is 0 Å². The van der Waals surface area contributed by atoms with Crippen molar-refractivity contribution < 1.29 is 19.3 Å². The molecule has 0 spiro atoms. The van der Waals surface area contributed by atoms with Gasteiger partial charge in [-0.3, -0.25) is 0 Å². The van der Waals surface area contributed by atoms with Crippen LogP contribution in [0, 0.1) is 0 Å². The SMILES string of the molecule is CCOC(OCC)C(O)c1cccc2c1OCCC2. The molecule has 1 atom stereocenters. The highest BCUT2D eigenvalue weighted by Gasteiger charge is 2.27. The average molecular weight is 266 g/mol. The third-order valence-corrected chi connectivity index (χ3v) is 3.20. The van der Waals surface area contributed by atoms with Gasteiger partial charge in [-0.15, -0.1) is 0 Å². The van der Waals surface area contributed by atoms with Gasteiger partial charge in [0.15, 0.2) is 6.29 Å². The van der Waals surface area contributed by atoms with E-state index in [0.717, 1.165) is 29.7 Å². The van der Waals surface area contributed by atoms with E-state index < -0.39 is 12.4 Å². The summed E-state index contributed by atoms with van der Waals surface area (Å²) >= 11 is 0. The molecule has 4 nitrogen and oxygen atoms in total. The number of fused-ring (bicyclic) bond motifs is 1. The Kier molecular flexibility index (Phi) is 5.19. The molecule has 0 aromatic heterocycles. The molecule has 0 aliphatic carbocycles. The molecule has 1 aliphatic heterocycles. The lowest BCUT2D eigenvalue weighted by Gasteiger charge is -2.27. The van der Waals surface area contributed by atoms with Crippen molar-refractivity contribution in [2.45, 2.75) is 39.1 Å². The van der Waals surface area contributed by atoms with E-state index >= 15 is 0 Å². The summed E-state index contributed by atoms with van der Waals surface area (Å²) < 4.78 is 16.6. The number of rotatable bonds is 6. The zero-order chi connectivity index (χ0) is 13.7. The van der Waals surface area contributed by atoms with Gasteiger partial charge in [0.1, 0.15) is 11.9 Å². The van der Waals surface area contributed by atoms with Crippen molar-refractivity contribution in [3.63, 3.8) is 0 Å². The first kappa shape index (κ1) is 14.3. The molecule has 1 N–H and O–H groups in total. The summed E-state index contributed by atoms with van der Waals surface area (Å²) in [6.07, 6.45) is 0.538. The lowest BCUT2D eigenvalue weighted by atomic mass is 9.99. The fourth-order valence-electron chi connectivity index (χ4n) is 2.35. The number of benzene rings is 1. The van der Waals surface area contributed by atoms with Gasteiger partial charge in [0.2, 0.25) is 0 Å². The Morgan fingerprint density at radius 3 is 2.68 bits per heavy atom. The topological polar surface area (TPSA) is 47.9 Å². The van der Waals surface area contributed by atoms with Gasteiger partial charge >= 0.3 is 0 Å². The summed E-state index contributed by atoms with van der Waals surface area (Å²) in [5.74, 6) is 0.797. The summed E-state index contributed by atoms with van der Waals surface area (Å²) in [7, 11) is 0. The van der Waals surface area contributed by atoms with Crippen LogP contribution in [0.1, 0.15) is 37.5 Å². The first-order valence-electron chi connectivity index (χ1n) is 6.93. The molecule has 106 valence electrons. The summed E-state index contributed by atoms with van der Waals surface area (Å²) in [6, 6.07) is 5.86. The Morgan fingerprint density at radius 1 is 1.26 bits per heavy atom. The van der Waals surface area contributed by atoms with Crippen LogP contribution in [0.25, 0.3) is 0 Å². The van der Waals surface area contributed by atoms with Gasteiger partial charge in [-0.25, -0.2) is 0 Å². The van der Waals surface area contributed by atoms with Gasteiger partial charge in [0, 0.05) is 18.8 Å². The molecule has 0 saturated heterocycles. The van der Waals surface area contributed by atoms with Gasteiger partial charge in [0.25, 0.3) is 0 Å². The lowest BCUT2D eigenvalue weighted by Crippen LogP contribution is -2.26. The molecule has 1 heterocycles. The molecule has 4 heteroatoms. The van der Waals surface area contributed by atoms with Gasteiger partial charge in [-0.1, -0.05) is 18.2 Å². The smallest absolute Gasteiger partial charge is 0.187 e. The Morgan fingerprint density at radius 2 is 2.00 bits per heavy atom. The van der Waals surface area contributed by atoms with Gasteiger partial charge in [0.05, 0.1) is 6.61 Å². The Balaban J connectivity index is 2.24. The van der Waals surface area contributed by atoms with Crippen molar-refractivity contribution in [1.82, 2.24) is 0 Å².